The summed E-state index contributed by atoms with van der Waals surface area (Å²) in [4.78, 5) is 24.9. The average Bonchev–Trinajstić information content (AvgIpc) is 3.05. The molecule has 4 rings (SSSR count). The van der Waals surface area contributed by atoms with E-state index in [9.17, 15) is 9.59 Å². The molecule has 1 saturated carbocycles. The summed E-state index contributed by atoms with van der Waals surface area (Å²) in [5.74, 6) is 0. The number of amides is 4. The average molecular weight is 611 g/mol. The Morgan fingerprint density at radius 3 is 1.44 bits per heavy atom. The van der Waals surface area contributed by atoms with Crippen LogP contribution in [-0.2, 0) is 12.8 Å². The molecule has 0 atom stereocenters. The van der Waals surface area contributed by atoms with Crippen molar-refractivity contribution in [2.45, 2.75) is 122 Å². The van der Waals surface area contributed by atoms with Crippen LogP contribution in [0.25, 0.3) is 0 Å². The molecule has 242 valence electrons. The maximum atomic E-state index is 12.6. The van der Waals surface area contributed by atoms with Crippen molar-refractivity contribution in [2.24, 2.45) is 0 Å². The van der Waals surface area contributed by atoms with Crippen LogP contribution in [0.1, 0.15) is 120 Å². The Kier molecular flexibility index (Phi) is 14.8. The number of anilines is 3. The van der Waals surface area contributed by atoms with E-state index in [0.29, 0.717) is 0 Å². The number of carbonyl (C=O) groups is 2. The van der Waals surface area contributed by atoms with Gasteiger partial charge >= 0.3 is 12.1 Å². The van der Waals surface area contributed by atoms with Crippen molar-refractivity contribution in [1.29, 1.82) is 0 Å². The molecule has 3 aromatic rings. The van der Waals surface area contributed by atoms with Gasteiger partial charge in [-0.2, -0.15) is 0 Å². The zero-order valence-electron chi connectivity index (χ0n) is 27.3. The monoisotopic (exact) mass is 610 g/mol. The van der Waals surface area contributed by atoms with Crippen LogP contribution in [0.15, 0.2) is 72.8 Å². The lowest BCUT2D eigenvalue weighted by Gasteiger charge is -2.22. The van der Waals surface area contributed by atoms with E-state index in [1.807, 2.05) is 60.7 Å². The first-order chi connectivity index (χ1) is 22.1. The van der Waals surface area contributed by atoms with Gasteiger partial charge in [0.2, 0.25) is 0 Å². The van der Waals surface area contributed by atoms with E-state index < -0.39 is 0 Å². The first-order valence-electron chi connectivity index (χ1n) is 17.5. The number of urea groups is 2. The maximum absolute atomic E-state index is 12.6. The maximum Gasteiger partial charge on any atom is 0.323 e. The van der Waals surface area contributed by atoms with Crippen molar-refractivity contribution in [3.8, 4) is 0 Å². The summed E-state index contributed by atoms with van der Waals surface area (Å²) >= 11 is 0. The van der Waals surface area contributed by atoms with Gasteiger partial charge in [-0.25, -0.2) is 9.59 Å². The van der Waals surface area contributed by atoms with E-state index in [1.54, 1.807) is 0 Å². The third-order valence-electron chi connectivity index (χ3n) is 8.80. The largest absolute Gasteiger partial charge is 0.335 e. The van der Waals surface area contributed by atoms with Gasteiger partial charge in [-0.05, 0) is 85.2 Å². The number of hydrogen-bond donors (Lipinski definition) is 4. The van der Waals surface area contributed by atoms with Crippen LogP contribution in [0.4, 0.5) is 26.7 Å². The van der Waals surface area contributed by atoms with Crippen LogP contribution in [0.3, 0.4) is 0 Å². The summed E-state index contributed by atoms with van der Waals surface area (Å²) in [7, 11) is 0. The summed E-state index contributed by atoms with van der Waals surface area (Å²) in [6.07, 6.45) is 21.1. The highest BCUT2D eigenvalue weighted by atomic mass is 16.2. The molecule has 4 N–H and O–H groups in total. The Hall–Kier alpha value is -3.80. The van der Waals surface area contributed by atoms with Gasteiger partial charge < -0.3 is 21.3 Å². The van der Waals surface area contributed by atoms with Gasteiger partial charge in [0.1, 0.15) is 0 Å². The molecule has 1 aliphatic carbocycles. The minimum atomic E-state index is -0.249. The third-order valence-corrected chi connectivity index (χ3v) is 8.80. The number of rotatable bonds is 17. The van der Waals surface area contributed by atoms with Crippen molar-refractivity contribution < 1.29 is 9.59 Å². The van der Waals surface area contributed by atoms with Crippen molar-refractivity contribution in [3.63, 3.8) is 0 Å². The van der Waals surface area contributed by atoms with E-state index in [4.69, 9.17) is 0 Å². The van der Waals surface area contributed by atoms with E-state index in [1.165, 1.54) is 89.0 Å². The van der Waals surface area contributed by atoms with Gasteiger partial charge in [-0.15, -0.1) is 0 Å². The molecule has 0 unspecified atom stereocenters. The number of nitrogens with one attached hydrogen (secondary N) is 4. The van der Waals surface area contributed by atoms with E-state index in [0.717, 1.165) is 53.9 Å². The molecule has 0 spiro atoms. The molecule has 0 aromatic heterocycles. The van der Waals surface area contributed by atoms with Crippen LogP contribution in [0.2, 0.25) is 0 Å². The molecule has 4 amide bonds. The van der Waals surface area contributed by atoms with Crippen molar-refractivity contribution in [1.82, 2.24) is 5.32 Å². The Morgan fingerprint density at radius 2 is 0.956 bits per heavy atom. The fourth-order valence-electron chi connectivity index (χ4n) is 6.11. The molecular formula is C39H54N4O2. The molecule has 0 saturated heterocycles. The van der Waals surface area contributed by atoms with Crippen LogP contribution in [0, 0.1) is 0 Å². The second kappa shape index (κ2) is 19.6. The molecular weight excluding hydrogens is 556 g/mol. The normalized spacial score (nSPS) is 13.3. The number of aryl methyl sites for hydroxylation is 1. The number of unbranched alkanes of at least 4 members (excludes halogenated alkanes) is 9. The highest BCUT2D eigenvalue weighted by Gasteiger charge is 2.15. The van der Waals surface area contributed by atoms with Crippen LogP contribution in [0.5, 0.6) is 0 Å². The molecule has 6 nitrogen and oxygen atoms in total. The van der Waals surface area contributed by atoms with Gasteiger partial charge in [0.25, 0.3) is 0 Å². The first kappa shape index (κ1) is 34.1. The second-order valence-corrected chi connectivity index (χ2v) is 12.7. The predicted octanol–water partition coefficient (Wildman–Crippen LogP) is 10.8. The highest BCUT2D eigenvalue weighted by Crippen LogP contribution is 2.20. The molecule has 0 heterocycles. The molecule has 1 fully saturated rings. The second-order valence-electron chi connectivity index (χ2n) is 12.7. The zero-order chi connectivity index (χ0) is 31.5. The van der Waals surface area contributed by atoms with Crippen LogP contribution in [-0.4, -0.2) is 18.1 Å². The van der Waals surface area contributed by atoms with Crippen molar-refractivity contribution in [2.75, 3.05) is 16.0 Å². The molecule has 1 aliphatic rings. The molecule has 3 aromatic carbocycles. The van der Waals surface area contributed by atoms with Gasteiger partial charge in [0.05, 0.1) is 0 Å². The summed E-state index contributed by atoms with van der Waals surface area (Å²) in [5.41, 5.74) is 5.96. The minimum Gasteiger partial charge on any atom is -0.335 e. The van der Waals surface area contributed by atoms with E-state index in [-0.39, 0.29) is 18.1 Å². The Balaban J connectivity index is 1.10. The van der Waals surface area contributed by atoms with E-state index in [2.05, 4.69) is 40.3 Å². The SMILES string of the molecule is CCCCCCCCCCCCc1ccc(NC(=O)Nc2ccc(Cc3ccc(NC(=O)NC4CCCCC4)cc3)cc2)cc1. The minimum absolute atomic E-state index is 0.127. The lowest BCUT2D eigenvalue weighted by molar-refractivity contribution is 0.244. The third kappa shape index (κ3) is 13.4. The lowest BCUT2D eigenvalue weighted by atomic mass is 9.96. The highest BCUT2D eigenvalue weighted by molar-refractivity contribution is 5.99. The first-order valence-corrected chi connectivity index (χ1v) is 17.5. The topological polar surface area (TPSA) is 82.3 Å². The predicted molar refractivity (Wildman–Crippen MR) is 189 cm³/mol. The quantitative estimate of drug-likeness (QED) is 0.115. The Labute approximate surface area is 271 Å². The van der Waals surface area contributed by atoms with E-state index >= 15 is 0 Å². The summed E-state index contributed by atoms with van der Waals surface area (Å²) < 4.78 is 0. The molecule has 0 aliphatic heterocycles. The van der Waals surface area contributed by atoms with Crippen LogP contribution < -0.4 is 21.3 Å². The Bertz CT molecular complexity index is 1270. The molecule has 0 bridgehead atoms. The standard InChI is InChI=1S/C39H54N4O2/c1-2-3-4-5-6-7-8-9-10-12-15-31-18-24-35(25-19-31)41-39(45)43-37-28-22-33(23-29-37)30-32-20-26-36(27-21-32)42-38(44)40-34-16-13-11-14-17-34/h18-29,34H,2-17,30H2,1H3,(H2,40,42,44)(H2,41,43,45). The number of carbonyl (C=O) groups excluding carboxylic acids is 2. The molecule has 0 radical (unpaired) electrons. The van der Waals surface area contributed by atoms with Gasteiger partial charge in [-0.3, -0.25) is 0 Å². The van der Waals surface area contributed by atoms with Gasteiger partial charge in [0, 0.05) is 23.1 Å². The summed E-state index contributed by atoms with van der Waals surface area (Å²) in [6.45, 7) is 2.27. The number of benzene rings is 3. The molecule has 45 heavy (non-hydrogen) atoms. The summed E-state index contributed by atoms with van der Waals surface area (Å²) in [5, 5.41) is 11.9. The van der Waals surface area contributed by atoms with Crippen LogP contribution >= 0.6 is 0 Å². The summed E-state index contributed by atoms with van der Waals surface area (Å²) in [6, 6.07) is 24.0. The fraction of sp³-hybridized carbons (Fsp3) is 0.487. The smallest absolute Gasteiger partial charge is 0.323 e. The van der Waals surface area contributed by atoms with Crippen molar-refractivity contribution >= 4 is 29.1 Å². The lowest BCUT2D eigenvalue weighted by Crippen LogP contribution is -2.38. The fourth-order valence-corrected chi connectivity index (χ4v) is 6.11. The van der Waals surface area contributed by atoms with Crippen molar-refractivity contribution in [3.05, 3.63) is 89.5 Å². The van der Waals surface area contributed by atoms with Gasteiger partial charge in [-0.1, -0.05) is 120 Å². The number of hydrogen-bond acceptors (Lipinski definition) is 2. The van der Waals surface area contributed by atoms with Gasteiger partial charge in [0.15, 0.2) is 0 Å². The Morgan fingerprint density at radius 1 is 0.533 bits per heavy atom. The zero-order valence-corrected chi connectivity index (χ0v) is 27.3. The molecule has 6 heteroatoms.